The molecule has 1 amide bonds. The monoisotopic (exact) mass is 651 g/mol. The number of nitrogens with one attached hydrogen (secondary N) is 1. The third-order valence-electron chi connectivity index (χ3n) is 8.50. The number of carbonyl (C=O) groups is 5. The maximum absolute atomic E-state index is 13.8. The summed E-state index contributed by atoms with van der Waals surface area (Å²) in [4.78, 5) is 65.6. The fraction of sp³-hybridized carbons (Fsp3) is 0.457. The third-order valence-corrected chi connectivity index (χ3v) is 8.50. The van der Waals surface area contributed by atoms with Crippen molar-refractivity contribution in [1.29, 1.82) is 0 Å². The van der Waals surface area contributed by atoms with E-state index < -0.39 is 64.6 Å². The zero-order chi connectivity index (χ0) is 34.8. The van der Waals surface area contributed by atoms with Gasteiger partial charge < -0.3 is 34.5 Å². The van der Waals surface area contributed by atoms with Gasteiger partial charge in [-0.1, -0.05) is 32.1 Å². The molecule has 5 rings (SSSR count). The van der Waals surface area contributed by atoms with Crippen LogP contribution in [0.15, 0.2) is 47.9 Å². The average Bonchev–Trinajstić information content (AvgIpc) is 3.25. The molecule has 0 saturated carbocycles. The van der Waals surface area contributed by atoms with Crippen molar-refractivity contribution in [1.82, 2.24) is 5.32 Å². The number of ketones is 3. The van der Waals surface area contributed by atoms with Gasteiger partial charge in [0.2, 0.25) is 5.78 Å². The first-order valence-electron chi connectivity index (χ1n) is 15.4. The van der Waals surface area contributed by atoms with E-state index in [1.165, 1.54) is 40.2 Å². The van der Waals surface area contributed by atoms with Crippen LogP contribution in [0.4, 0.5) is 0 Å². The molecule has 1 aliphatic carbocycles. The van der Waals surface area contributed by atoms with Crippen LogP contribution in [-0.4, -0.2) is 70.6 Å². The number of methoxy groups -OCH3 is 1. The van der Waals surface area contributed by atoms with E-state index in [1.807, 2.05) is 19.9 Å². The van der Waals surface area contributed by atoms with Gasteiger partial charge in [0, 0.05) is 44.6 Å². The van der Waals surface area contributed by atoms with Crippen molar-refractivity contribution in [2.24, 2.45) is 11.8 Å². The van der Waals surface area contributed by atoms with E-state index in [-0.39, 0.29) is 52.0 Å². The number of hydrogen-bond acceptors (Lipinski definition) is 11. The molecule has 0 unspecified atom stereocenters. The molecular weight excluding hydrogens is 610 g/mol. The van der Waals surface area contributed by atoms with E-state index in [4.69, 9.17) is 18.9 Å². The van der Waals surface area contributed by atoms with E-state index in [0.29, 0.717) is 12.8 Å². The lowest BCUT2D eigenvalue weighted by Crippen LogP contribution is -2.39. The molecule has 12 heteroatoms. The Balaban J connectivity index is 1.77. The number of amides is 1. The van der Waals surface area contributed by atoms with Gasteiger partial charge in [0.25, 0.3) is 11.7 Å². The molecule has 6 atom stereocenters. The summed E-state index contributed by atoms with van der Waals surface area (Å²) < 4.78 is 22.6. The van der Waals surface area contributed by atoms with Gasteiger partial charge in [0.05, 0.1) is 40.9 Å². The summed E-state index contributed by atoms with van der Waals surface area (Å²) in [6.07, 6.45) is 7.18. The molecule has 1 aromatic rings. The Morgan fingerprint density at radius 2 is 1.74 bits per heavy atom. The van der Waals surface area contributed by atoms with E-state index in [9.17, 15) is 34.2 Å². The van der Waals surface area contributed by atoms with Crippen molar-refractivity contribution in [3.8, 4) is 11.5 Å². The zero-order valence-electron chi connectivity index (χ0n) is 27.5. The number of ether oxygens (including phenoxy) is 4. The number of aromatic hydroxyl groups is 1. The molecular formula is C35H41NO11. The van der Waals surface area contributed by atoms with Crippen LogP contribution in [-0.2, 0) is 23.8 Å². The van der Waals surface area contributed by atoms with Gasteiger partial charge in [-0.05, 0) is 44.6 Å². The predicted molar refractivity (Wildman–Crippen MR) is 169 cm³/mol. The topological polar surface area (TPSA) is 175 Å². The summed E-state index contributed by atoms with van der Waals surface area (Å²) >= 11 is 0. The molecule has 4 aliphatic rings. The first kappa shape index (κ1) is 35.3. The minimum absolute atomic E-state index is 0.0276. The lowest BCUT2D eigenvalue weighted by molar-refractivity contribution is -0.155. The van der Waals surface area contributed by atoms with Gasteiger partial charge in [0.1, 0.15) is 17.6 Å². The summed E-state index contributed by atoms with van der Waals surface area (Å²) in [5.74, 6) is -6.20. The van der Waals surface area contributed by atoms with E-state index in [0.717, 1.165) is 6.08 Å². The molecule has 1 aromatic carbocycles. The van der Waals surface area contributed by atoms with Crippen molar-refractivity contribution in [2.75, 3.05) is 7.11 Å². The van der Waals surface area contributed by atoms with E-state index in [1.54, 1.807) is 19.1 Å². The normalized spacial score (nSPS) is 31.1. The van der Waals surface area contributed by atoms with Gasteiger partial charge >= 0.3 is 11.8 Å². The zero-order valence-corrected chi connectivity index (χ0v) is 27.5. The van der Waals surface area contributed by atoms with Crippen LogP contribution >= 0.6 is 0 Å². The van der Waals surface area contributed by atoms with Crippen LogP contribution in [0, 0.1) is 18.8 Å². The minimum Gasteiger partial charge on any atom is -0.507 e. The highest BCUT2D eigenvalue weighted by Gasteiger charge is 2.51. The highest BCUT2D eigenvalue weighted by atomic mass is 16.7. The second kappa shape index (κ2) is 14.1. The molecule has 3 heterocycles. The number of carbonyl (C=O) groups excluding carboxylic acids is 5. The van der Waals surface area contributed by atoms with Crippen LogP contribution in [0.2, 0.25) is 0 Å². The lowest BCUT2D eigenvalue weighted by atomic mass is 9.84. The largest absolute Gasteiger partial charge is 0.507 e. The standard InChI is InChI=1S/C35H41NO11/c1-17-9-8-10-19(3)34(43)36-23-16-25(39)27-28(31(23)41)30(40)20(4)32-29(27)33(42)35(6,47-32)45-12-11-22(44-7)15-26(46-21(5)37)24(38)14-18(2)13-17/h8-12,16-18,22,24,26,38,40H,13-15H2,1-7H3,(H,36,43)/b9-8+,12-11+,19-10-/t17-,18+,22-,24+,26+,35-/m0/s1. The predicted octanol–water partition coefficient (Wildman–Crippen LogP) is 4.17. The summed E-state index contributed by atoms with van der Waals surface area (Å²) in [6, 6.07) is 0. The molecule has 5 bridgehead atoms. The SMILES string of the molecule is CO[C@H]1/C=C/O[C@@]2(C)Oc3c(C)c(O)c4c(c3C2=O)C(=O)C=C(NC(=O)/C(C)=C\C=C\[C@H](C)C[C@@H](C)C[C@@H](O)[C@H](OC(C)=O)C1)C4=O. The van der Waals surface area contributed by atoms with E-state index >= 15 is 0 Å². The van der Waals surface area contributed by atoms with Gasteiger partial charge in [-0.15, -0.1) is 0 Å². The first-order valence-corrected chi connectivity index (χ1v) is 15.4. The Labute approximate surface area is 273 Å². The molecule has 3 aliphatic heterocycles. The molecule has 0 aromatic heterocycles. The Kier molecular flexibility index (Phi) is 10.6. The average molecular weight is 652 g/mol. The Morgan fingerprint density at radius 3 is 2.40 bits per heavy atom. The molecule has 12 nitrogen and oxygen atoms in total. The number of hydrogen-bond donors (Lipinski definition) is 3. The number of esters is 1. The Hall–Kier alpha value is -4.55. The van der Waals surface area contributed by atoms with E-state index in [2.05, 4.69) is 5.32 Å². The fourth-order valence-electron chi connectivity index (χ4n) is 5.99. The molecule has 0 saturated heterocycles. The van der Waals surface area contributed by atoms with Crippen LogP contribution in [0.3, 0.4) is 0 Å². The number of allylic oxidation sites excluding steroid dienone is 5. The molecule has 0 fully saturated rings. The summed E-state index contributed by atoms with van der Waals surface area (Å²) in [6.45, 7) is 9.49. The van der Waals surface area contributed by atoms with Gasteiger partial charge in [0.15, 0.2) is 5.78 Å². The number of phenolic OH excluding ortho intramolecular Hbond substituents is 1. The number of aliphatic hydroxyl groups is 1. The maximum atomic E-state index is 13.8. The molecule has 252 valence electrons. The summed E-state index contributed by atoms with van der Waals surface area (Å²) in [7, 11) is 1.42. The lowest BCUT2D eigenvalue weighted by Gasteiger charge is -2.28. The van der Waals surface area contributed by atoms with Gasteiger partial charge in [-0.3, -0.25) is 24.0 Å². The van der Waals surface area contributed by atoms with Crippen LogP contribution in [0.25, 0.3) is 0 Å². The number of fused-ring (bicyclic) bond motifs is 14. The van der Waals surface area contributed by atoms with Gasteiger partial charge in [-0.25, -0.2) is 0 Å². The minimum atomic E-state index is -1.99. The number of aliphatic hydroxyl groups excluding tert-OH is 1. The first-order chi connectivity index (χ1) is 22.1. The van der Waals surface area contributed by atoms with Crippen molar-refractivity contribution >= 4 is 29.2 Å². The molecule has 3 N–H and O–H groups in total. The smallest absolute Gasteiger partial charge is 0.312 e. The van der Waals surface area contributed by atoms with Crippen molar-refractivity contribution < 1.29 is 53.1 Å². The van der Waals surface area contributed by atoms with Gasteiger partial charge in [-0.2, -0.15) is 0 Å². The van der Waals surface area contributed by atoms with Crippen LogP contribution < -0.4 is 10.1 Å². The van der Waals surface area contributed by atoms with Crippen molar-refractivity contribution in [2.45, 2.75) is 84.9 Å². The highest BCUT2D eigenvalue weighted by Crippen LogP contribution is 2.47. The Morgan fingerprint density at radius 1 is 1.04 bits per heavy atom. The highest BCUT2D eigenvalue weighted by molar-refractivity contribution is 6.30. The fourth-order valence-corrected chi connectivity index (χ4v) is 5.99. The summed E-state index contributed by atoms with van der Waals surface area (Å²) in [5, 5.41) is 24.6. The third kappa shape index (κ3) is 7.39. The second-order valence-corrected chi connectivity index (χ2v) is 12.5. The molecule has 47 heavy (non-hydrogen) atoms. The maximum Gasteiger partial charge on any atom is 0.312 e. The second-order valence-electron chi connectivity index (χ2n) is 12.5. The Bertz CT molecular complexity index is 1620. The molecule has 0 radical (unpaired) electrons. The van der Waals surface area contributed by atoms with Crippen molar-refractivity contribution in [3.63, 3.8) is 0 Å². The number of phenols is 1. The quantitative estimate of drug-likeness (QED) is 0.392. The van der Waals surface area contributed by atoms with Crippen molar-refractivity contribution in [3.05, 3.63) is 70.2 Å². The number of rotatable bonds is 2. The summed E-state index contributed by atoms with van der Waals surface area (Å²) in [5.41, 5.74) is -1.08. The number of Topliss-reactive ketones (excluding diaryl/α,β-unsaturated/α-hetero) is 2. The number of benzene rings is 1. The van der Waals surface area contributed by atoms with Crippen LogP contribution in [0.5, 0.6) is 11.5 Å². The molecule has 0 spiro atoms. The van der Waals surface area contributed by atoms with Crippen LogP contribution in [0.1, 0.15) is 90.5 Å².